The van der Waals surface area contributed by atoms with Gasteiger partial charge in [0.15, 0.2) is 0 Å². The summed E-state index contributed by atoms with van der Waals surface area (Å²) in [5.41, 5.74) is -0.571. The second-order valence-corrected chi connectivity index (χ2v) is 5.29. The van der Waals surface area contributed by atoms with E-state index in [0.29, 0.717) is 17.1 Å². The van der Waals surface area contributed by atoms with Crippen molar-refractivity contribution < 1.29 is 18.7 Å². The van der Waals surface area contributed by atoms with E-state index in [0.717, 1.165) is 0 Å². The number of carbonyl (C=O) groups is 1. The molecule has 1 aromatic carbocycles. The molecule has 116 valence electrons. The predicted octanol–water partition coefficient (Wildman–Crippen LogP) is 2.76. The monoisotopic (exact) mass is 303 g/mol. The van der Waals surface area contributed by atoms with Crippen molar-refractivity contribution in [3.63, 3.8) is 0 Å². The molecule has 1 aromatic heterocycles. The van der Waals surface area contributed by atoms with Crippen LogP contribution in [0.4, 0.5) is 4.39 Å². The van der Waals surface area contributed by atoms with Crippen molar-refractivity contribution in [3.05, 3.63) is 65.4 Å². The Balaban J connectivity index is 1.91. The van der Waals surface area contributed by atoms with Gasteiger partial charge in [-0.1, -0.05) is 12.1 Å². The molecule has 0 spiro atoms. The first kappa shape index (κ1) is 16.0. The molecule has 0 bridgehead atoms. The molecule has 1 heterocycles. The van der Waals surface area contributed by atoms with Gasteiger partial charge in [-0.05, 0) is 49.8 Å². The van der Waals surface area contributed by atoms with Crippen LogP contribution < -0.4 is 5.32 Å². The third-order valence-electron chi connectivity index (χ3n) is 3.18. The molecule has 0 fully saturated rings. The van der Waals surface area contributed by atoms with Crippen LogP contribution >= 0.6 is 0 Å². The van der Waals surface area contributed by atoms with Crippen LogP contribution in [-0.4, -0.2) is 17.6 Å². The molecule has 0 radical (unpaired) electrons. The zero-order valence-electron chi connectivity index (χ0n) is 12.5. The lowest BCUT2D eigenvalue weighted by atomic mass is 10.0. The summed E-state index contributed by atoms with van der Waals surface area (Å²) in [6.07, 6.45) is 2.90. The van der Waals surface area contributed by atoms with Gasteiger partial charge in [0.25, 0.3) is 0 Å². The van der Waals surface area contributed by atoms with Crippen LogP contribution in [0.2, 0.25) is 0 Å². The van der Waals surface area contributed by atoms with Crippen molar-refractivity contribution in [3.8, 4) is 0 Å². The van der Waals surface area contributed by atoms with Gasteiger partial charge < -0.3 is 14.8 Å². The first-order valence-electron chi connectivity index (χ1n) is 6.87. The highest BCUT2D eigenvalue weighted by Gasteiger charge is 2.27. The van der Waals surface area contributed by atoms with Crippen molar-refractivity contribution in [2.45, 2.75) is 19.4 Å². The van der Waals surface area contributed by atoms with Gasteiger partial charge in [0.05, 0.1) is 6.54 Å². The molecule has 2 rings (SSSR count). The van der Waals surface area contributed by atoms with Crippen LogP contribution in [0.15, 0.2) is 46.9 Å². The average molecular weight is 303 g/mol. The van der Waals surface area contributed by atoms with Crippen molar-refractivity contribution in [1.29, 1.82) is 0 Å². The highest BCUT2D eigenvalue weighted by atomic mass is 19.1. The molecule has 0 aliphatic carbocycles. The number of nitrogens with one attached hydrogen (secondary N) is 1. The Labute approximate surface area is 128 Å². The van der Waals surface area contributed by atoms with Crippen LogP contribution in [0.3, 0.4) is 0 Å². The highest BCUT2D eigenvalue weighted by molar-refractivity contribution is 5.91. The van der Waals surface area contributed by atoms with Gasteiger partial charge in [0, 0.05) is 6.08 Å². The SMILES string of the molecule is Cc1ccc(C(C)(O)CNC(=O)C=Cc2ccc(F)cc2)o1. The summed E-state index contributed by atoms with van der Waals surface area (Å²) in [5, 5.41) is 12.9. The van der Waals surface area contributed by atoms with E-state index in [-0.39, 0.29) is 18.3 Å². The molecule has 0 saturated heterocycles. The first-order chi connectivity index (χ1) is 10.4. The molecule has 0 aliphatic heterocycles. The summed E-state index contributed by atoms with van der Waals surface area (Å²) in [5.74, 6) is 0.407. The zero-order chi connectivity index (χ0) is 16.2. The Kier molecular flexibility index (Phi) is 4.78. The number of furan rings is 1. The largest absolute Gasteiger partial charge is 0.463 e. The molecule has 1 unspecified atom stereocenters. The number of aryl methyl sites for hydroxylation is 1. The number of benzene rings is 1. The standard InChI is InChI=1S/C17H18FNO3/c1-12-3-9-15(22-12)17(2,21)11-19-16(20)10-6-13-4-7-14(18)8-5-13/h3-10,21H,11H2,1-2H3,(H,19,20). The number of rotatable bonds is 5. The molecule has 22 heavy (non-hydrogen) atoms. The van der Waals surface area contributed by atoms with Crippen LogP contribution in [0, 0.1) is 12.7 Å². The molecule has 1 atom stereocenters. The summed E-state index contributed by atoms with van der Waals surface area (Å²) >= 11 is 0. The number of carbonyl (C=O) groups excluding carboxylic acids is 1. The van der Waals surface area contributed by atoms with E-state index in [1.807, 2.05) is 0 Å². The Bertz CT molecular complexity index is 671. The molecule has 4 nitrogen and oxygen atoms in total. The number of hydrogen-bond donors (Lipinski definition) is 2. The van der Waals surface area contributed by atoms with Crippen molar-refractivity contribution in [2.75, 3.05) is 6.54 Å². The van der Waals surface area contributed by atoms with Gasteiger partial charge in [0.2, 0.25) is 5.91 Å². The van der Waals surface area contributed by atoms with E-state index < -0.39 is 5.60 Å². The van der Waals surface area contributed by atoms with E-state index >= 15 is 0 Å². The van der Waals surface area contributed by atoms with E-state index in [2.05, 4.69) is 5.32 Å². The molecule has 0 saturated carbocycles. The molecular formula is C17H18FNO3. The van der Waals surface area contributed by atoms with Crippen LogP contribution in [0.1, 0.15) is 24.0 Å². The summed E-state index contributed by atoms with van der Waals surface area (Å²) in [4.78, 5) is 11.8. The average Bonchev–Trinajstić information content (AvgIpc) is 2.92. The molecular weight excluding hydrogens is 285 g/mol. The fourth-order valence-corrected chi connectivity index (χ4v) is 1.88. The Hall–Kier alpha value is -2.40. The molecule has 0 aliphatic rings. The minimum absolute atomic E-state index is 0.0204. The van der Waals surface area contributed by atoms with Gasteiger partial charge in [-0.3, -0.25) is 4.79 Å². The third kappa shape index (κ3) is 4.30. The number of halogens is 1. The summed E-state index contributed by atoms with van der Waals surface area (Å²) in [6.45, 7) is 3.37. The lowest BCUT2D eigenvalue weighted by molar-refractivity contribution is -0.117. The van der Waals surface area contributed by atoms with E-state index in [1.54, 1.807) is 44.2 Å². The summed E-state index contributed by atoms with van der Waals surface area (Å²) < 4.78 is 18.1. The normalized spacial score (nSPS) is 14.0. The number of hydrogen-bond acceptors (Lipinski definition) is 3. The van der Waals surface area contributed by atoms with E-state index in [9.17, 15) is 14.3 Å². The predicted molar refractivity (Wildman–Crippen MR) is 81.5 cm³/mol. The minimum atomic E-state index is -1.28. The maximum atomic E-state index is 12.8. The Morgan fingerprint density at radius 2 is 2.00 bits per heavy atom. The molecule has 2 N–H and O–H groups in total. The Morgan fingerprint density at radius 1 is 1.32 bits per heavy atom. The third-order valence-corrected chi connectivity index (χ3v) is 3.18. The van der Waals surface area contributed by atoms with Gasteiger partial charge >= 0.3 is 0 Å². The van der Waals surface area contributed by atoms with Crippen molar-refractivity contribution in [2.24, 2.45) is 0 Å². The van der Waals surface area contributed by atoms with E-state index in [1.165, 1.54) is 18.2 Å². The number of amides is 1. The molecule has 5 heteroatoms. The summed E-state index contributed by atoms with van der Waals surface area (Å²) in [6, 6.07) is 9.21. The summed E-state index contributed by atoms with van der Waals surface area (Å²) in [7, 11) is 0. The quantitative estimate of drug-likeness (QED) is 0.835. The maximum absolute atomic E-state index is 12.8. The molecule has 2 aromatic rings. The number of aliphatic hydroxyl groups is 1. The Morgan fingerprint density at radius 3 is 2.59 bits per heavy atom. The molecule has 1 amide bonds. The smallest absolute Gasteiger partial charge is 0.244 e. The van der Waals surface area contributed by atoms with Crippen molar-refractivity contribution in [1.82, 2.24) is 5.32 Å². The van der Waals surface area contributed by atoms with Gasteiger partial charge in [0.1, 0.15) is 22.9 Å². The van der Waals surface area contributed by atoms with Crippen LogP contribution in [0.25, 0.3) is 6.08 Å². The second kappa shape index (κ2) is 6.58. The fourth-order valence-electron chi connectivity index (χ4n) is 1.88. The fraction of sp³-hybridized carbons (Fsp3) is 0.235. The zero-order valence-corrected chi connectivity index (χ0v) is 12.5. The highest BCUT2D eigenvalue weighted by Crippen LogP contribution is 2.21. The van der Waals surface area contributed by atoms with Gasteiger partial charge in [-0.2, -0.15) is 0 Å². The van der Waals surface area contributed by atoms with Crippen LogP contribution in [-0.2, 0) is 10.4 Å². The van der Waals surface area contributed by atoms with Crippen molar-refractivity contribution >= 4 is 12.0 Å². The van der Waals surface area contributed by atoms with Crippen LogP contribution in [0.5, 0.6) is 0 Å². The lowest BCUT2D eigenvalue weighted by Gasteiger charge is -2.20. The van der Waals surface area contributed by atoms with E-state index in [4.69, 9.17) is 4.42 Å². The van der Waals surface area contributed by atoms with Gasteiger partial charge in [-0.15, -0.1) is 0 Å². The first-order valence-corrected chi connectivity index (χ1v) is 6.87. The topological polar surface area (TPSA) is 62.5 Å². The lowest BCUT2D eigenvalue weighted by Crippen LogP contribution is -2.37. The minimum Gasteiger partial charge on any atom is -0.463 e. The second-order valence-electron chi connectivity index (χ2n) is 5.29. The maximum Gasteiger partial charge on any atom is 0.244 e. The van der Waals surface area contributed by atoms with Gasteiger partial charge in [-0.25, -0.2) is 4.39 Å².